The average molecular weight is 294 g/mol. The van der Waals surface area contributed by atoms with Crippen LogP contribution in [0, 0.1) is 0 Å². The second kappa shape index (κ2) is 5.37. The van der Waals surface area contributed by atoms with E-state index in [1.54, 1.807) is 18.2 Å². The molecule has 0 bridgehead atoms. The predicted molar refractivity (Wildman–Crippen MR) is 61.8 cm³/mol. The first-order valence-corrected chi connectivity index (χ1v) is 5.77. The Balaban J connectivity index is 2.85. The van der Waals surface area contributed by atoms with Crippen molar-refractivity contribution in [2.24, 2.45) is 0 Å². The summed E-state index contributed by atoms with van der Waals surface area (Å²) < 4.78 is 5.19. The Morgan fingerprint density at radius 2 is 2.27 bits per heavy atom. The lowest BCUT2D eigenvalue weighted by atomic mass is 10.2. The van der Waals surface area contributed by atoms with Crippen molar-refractivity contribution >= 4 is 33.5 Å². The van der Waals surface area contributed by atoms with Crippen LogP contribution in [0.5, 0.6) is 5.75 Å². The Labute approximate surface area is 101 Å². The van der Waals surface area contributed by atoms with Crippen LogP contribution < -0.4 is 4.74 Å². The Kier molecular flexibility index (Phi) is 4.42. The van der Waals surface area contributed by atoms with Gasteiger partial charge in [-0.2, -0.15) is 0 Å². The van der Waals surface area contributed by atoms with Crippen LogP contribution >= 0.6 is 27.5 Å². The van der Waals surface area contributed by atoms with Crippen molar-refractivity contribution in [3.8, 4) is 5.75 Å². The maximum absolute atomic E-state index is 10.6. The fourth-order valence-corrected chi connectivity index (χ4v) is 1.59. The van der Waals surface area contributed by atoms with Crippen LogP contribution in [0.4, 0.5) is 0 Å². The van der Waals surface area contributed by atoms with Gasteiger partial charge in [0.2, 0.25) is 0 Å². The molecule has 0 aliphatic rings. The molecule has 0 unspecified atom stereocenters. The average Bonchev–Trinajstić information content (AvgIpc) is 2.16. The first-order chi connectivity index (χ1) is 7.02. The van der Waals surface area contributed by atoms with Gasteiger partial charge in [0.15, 0.2) is 6.10 Å². The second-order valence-electron chi connectivity index (χ2n) is 3.03. The number of rotatable bonds is 4. The molecule has 82 valence electrons. The third kappa shape index (κ3) is 3.72. The van der Waals surface area contributed by atoms with E-state index in [9.17, 15) is 4.79 Å². The van der Waals surface area contributed by atoms with Crippen LogP contribution in [0.25, 0.3) is 0 Å². The third-order valence-corrected chi connectivity index (χ3v) is 2.61. The van der Waals surface area contributed by atoms with Gasteiger partial charge in [0.05, 0.1) is 0 Å². The number of carboxylic acids is 1. The number of carboxylic acid groups (broad SMARTS) is 1. The smallest absolute Gasteiger partial charge is 0.344 e. The third-order valence-electron chi connectivity index (χ3n) is 1.75. The molecular weight excluding hydrogens is 283 g/mol. The fraction of sp³-hybridized carbons (Fsp3) is 0.300. The van der Waals surface area contributed by atoms with E-state index in [0.29, 0.717) is 16.1 Å². The number of alkyl halides is 1. The maximum atomic E-state index is 10.6. The molecule has 3 nitrogen and oxygen atoms in total. The molecule has 1 rings (SSSR count). The minimum absolute atomic E-state index is 0.465. The van der Waals surface area contributed by atoms with Crippen LogP contribution in [-0.2, 0) is 10.1 Å². The normalized spacial score (nSPS) is 12.2. The van der Waals surface area contributed by atoms with Crippen LogP contribution in [0.15, 0.2) is 18.2 Å². The summed E-state index contributed by atoms with van der Waals surface area (Å²) >= 11 is 9.13. The summed E-state index contributed by atoms with van der Waals surface area (Å²) in [5.41, 5.74) is 0.940. The van der Waals surface area contributed by atoms with Crippen molar-refractivity contribution < 1.29 is 14.6 Å². The van der Waals surface area contributed by atoms with Gasteiger partial charge in [-0.1, -0.05) is 27.5 Å². The van der Waals surface area contributed by atoms with Crippen molar-refractivity contribution in [1.29, 1.82) is 0 Å². The molecule has 0 aliphatic carbocycles. The number of hydrogen-bond donors (Lipinski definition) is 1. The lowest BCUT2D eigenvalue weighted by Gasteiger charge is -2.11. The topological polar surface area (TPSA) is 46.5 Å². The summed E-state index contributed by atoms with van der Waals surface area (Å²) in [4.78, 5) is 10.6. The van der Waals surface area contributed by atoms with Gasteiger partial charge in [0.1, 0.15) is 5.75 Å². The van der Waals surface area contributed by atoms with Crippen LogP contribution in [-0.4, -0.2) is 17.2 Å². The minimum atomic E-state index is -1.00. The molecule has 0 spiro atoms. The highest BCUT2D eigenvalue weighted by Gasteiger charge is 2.12. The summed E-state index contributed by atoms with van der Waals surface area (Å²) in [5.74, 6) is -0.540. The zero-order valence-electron chi connectivity index (χ0n) is 8.04. The van der Waals surface area contributed by atoms with Crippen molar-refractivity contribution in [1.82, 2.24) is 0 Å². The van der Waals surface area contributed by atoms with Crippen molar-refractivity contribution in [3.63, 3.8) is 0 Å². The van der Waals surface area contributed by atoms with Crippen molar-refractivity contribution in [2.75, 3.05) is 0 Å². The second-order valence-corrected chi connectivity index (χ2v) is 4.02. The van der Waals surface area contributed by atoms with E-state index >= 15 is 0 Å². The van der Waals surface area contributed by atoms with Crippen LogP contribution in [0.1, 0.15) is 12.5 Å². The monoisotopic (exact) mass is 292 g/mol. The fourth-order valence-electron chi connectivity index (χ4n) is 1.02. The number of halogens is 2. The number of hydrogen-bond acceptors (Lipinski definition) is 2. The zero-order chi connectivity index (χ0) is 11.4. The first-order valence-electron chi connectivity index (χ1n) is 4.28. The zero-order valence-corrected chi connectivity index (χ0v) is 10.4. The summed E-state index contributed by atoms with van der Waals surface area (Å²) in [7, 11) is 0. The van der Waals surface area contributed by atoms with Crippen molar-refractivity contribution in [2.45, 2.75) is 18.4 Å². The van der Waals surface area contributed by atoms with Crippen LogP contribution in [0.2, 0.25) is 5.02 Å². The maximum Gasteiger partial charge on any atom is 0.344 e. The minimum Gasteiger partial charge on any atom is -0.479 e. The number of ether oxygens (including phenoxy) is 1. The van der Waals surface area contributed by atoms with Gasteiger partial charge in [-0.25, -0.2) is 4.79 Å². The standard InChI is InChI=1S/C10H10BrClO3/c1-6(10(13)14)15-9-3-7(5-11)2-8(12)4-9/h2-4,6H,5H2,1H3,(H,13,14)/t6-/m0/s1. The molecule has 1 N–H and O–H groups in total. The summed E-state index contributed by atoms with van der Waals surface area (Å²) in [6.07, 6.45) is -0.883. The van der Waals surface area contributed by atoms with E-state index in [1.807, 2.05) is 0 Å². The Hall–Kier alpha value is -0.740. The van der Waals surface area contributed by atoms with E-state index in [2.05, 4.69) is 15.9 Å². The van der Waals surface area contributed by atoms with E-state index in [4.69, 9.17) is 21.4 Å². The largest absolute Gasteiger partial charge is 0.479 e. The molecule has 0 amide bonds. The van der Waals surface area contributed by atoms with E-state index in [1.165, 1.54) is 6.92 Å². The lowest BCUT2D eigenvalue weighted by molar-refractivity contribution is -0.144. The highest BCUT2D eigenvalue weighted by atomic mass is 79.9. The van der Waals surface area contributed by atoms with Gasteiger partial charge >= 0.3 is 5.97 Å². The Morgan fingerprint density at radius 3 is 2.80 bits per heavy atom. The molecule has 0 radical (unpaired) electrons. The quantitative estimate of drug-likeness (QED) is 0.868. The van der Waals surface area contributed by atoms with Gasteiger partial charge < -0.3 is 9.84 Å². The Bertz CT molecular complexity index is 368. The molecule has 0 aromatic heterocycles. The van der Waals surface area contributed by atoms with Gasteiger partial charge in [-0.05, 0) is 30.7 Å². The highest BCUT2D eigenvalue weighted by Crippen LogP contribution is 2.23. The lowest BCUT2D eigenvalue weighted by Crippen LogP contribution is -2.22. The molecule has 0 heterocycles. The van der Waals surface area contributed by atoms with Crippen molar-refractivity contribution in [3.05, 3.63) is 28.8 Å². The van der Waals surface area contributed by atoms with E-state index < -0.39 is 12.1 Å². The van der Waals surface area contributed by atoms with Gasteiger partial charge in [0.25, 0.3) is 0 Å². The highest BCUT2D eigenvalue weighted by molar-refractivity contribution is 9.08. The summed E-state index contributed by atoms with van der Waals surface area (Å²) in [6.45, 7) is 1.47. The summed E-state index contributed by atoms with van der Waals surface area (Å²) in [5, 5.41) is 9.84. The molecule has 0 aliphatic heterocycles. The Morgan fingerprint density at radius 1 is 1.60 bits per heavy atom. The SMILES string of the molecule is C[C@H](Oc1cc(Cl)cc(CBr)c1)C(=O)O. The predicted octanol–water partition coefficient (Wildman–Crippen LogP) is 3.09. The number of carbonyl (C=O) groups is 1. The molecule has 5 heteroatoms. The molecule has 15 heavy (non-hydrogen) atoms. The summed E-state index contributed by atoms with van der Waals surface area (Å²) in [6, 6.07) is 5.13. The van der Waals surface area contributed by atoms with Crippen LogP contribution in [0.3, 0.4) is 0 Å². The van der Waals surface area contributed by atoms with Gasteiger partial charge in [0, 0.05) is 10.4 Å². The molecule has 1 atom stereocenters. The van der Waals surface area contributed by atoms with E-state index in [0.717, 1.165) is 5.56 Å². The number of aliphatic carboxylic acids is 1. The molecular formula is C10H10BrClO3. The molecule has 0 fully saturated rings. The van der Waals surface area contributed by atoms with E-state index in [-0.39, 0.29) is 0 Å². The number of benzene rings is 1. The van der Waals surface area contributed by atoms with Gasteiger partial charge in [-0.3, -0.25) is 0 Å². The molecule has 0 saturated carbocycles. The van der Waals surface area contributed by atoms with Gasteiger partial charge in [-0.15, -0.1) is 0 Å². The molecule has 0 saturated heterocycles. The first kappa shape index (κ1) is 12.3. The molecule has 1 aromatic carbocycles. The molecule has 1 aromatic rings.